The minimum Gasteiger partial charge on any atom is -0.460 e. The molecule has 0 bridgehead atoms. The lowest BCUT2D eigenvalue weighted by atomic mass is 10.2. The molecular weight excluding hydrogens is 510 g/mol. The smallest absolute Gasteiger partial charge is 0.417 e. The Morgan fingerprint density at radius 3 is 2.41 bits per heavy atom. The van der Waals surface area contributed by atoms with Gasteiger partial charge in [0.1, 0.15) is 21.5 Å². The Hall–Kier alpha value is -2.23. The number of rotatable bonds is 7. The first kappa shape index (κ1) is 26.4. The predicted molar refractivity (Wildman–Crippen MR) is 126 cm³/mol. The maximum Gasteiger partial charge on any atom is 0.417 e. The molecule has 5 nitrogen and oxygen atoms in total. The van der Waals surface area contributed by atoms with E-state index >= 15 is 0 Å². The molecule has 3 rings (SSSR count). The summed E-state index contributed by atoms with van der Waals surface area (Å²) >= 11 is 13.7. The molecule has 3 aromatic rings. The highest BCUT2D eigenvalue weighted by Crippen LogP contribution is 2.39. The van der Waals surface area contributed by atoms with Crippen LogP contribution in [0.4, 0.5) is 13.2 Å². The summed E-state index contributed by atoms with van der Waals surface area (Å²) in [4.78, 5) is 20.6. The molecule has 1 aromatic carbocycles. The first-order valence-corrected chi connectivity index (χ1v) is 11.9. The Bertz CT molecular complexity index is 1160. The summed E-state index contributed by atoms with van der Waals surface area (Å²) in [5, 5.41) is 0.730. The Kier molecular flexibility index (Phi) is 8.21. The van der Waals surface area contributed by atoms with Crippen molar-refractivity contribution >= 4 is 40.9 Å². The van der Waals surface area contributed by atoms with E-state index in [9.17, 15) is 18.0 Å². The lowest BCUT2D eigenvalue weighted by molar-refractivity contribution is -0.155. The van der Waals surface area contributed by atoms with Crippen molar-refractivity contribution in [2.24, 2.45) is 0 Å². The molecule has 2 aromatic heterocycles. The SMILES string of the molecule is CC(C)(C)OC(=O)CCCn1c(Sc2ncc(C(F)(F)F)cc2Cl)nc(-c2ccccc2)c1Cl. The number of halogens is 5. The van der Waals surface area contributed by atoms with Crippen molar-refractivity contribution in [3.63, 3.8) is 0 Å². The minimum absolute atomic E-state index is 0.152. The molecule has 2 heterocycles. The van der Waals surface area contributed by atoms with Crippen LogP contribution in [0, 0.1) is 0 Å². The minimum atomic E-state index is -4.55. The Labute approximate surface area is 209 Å². The summed E-state index contributed by atoms with van der Waals surface area (Å²) in [6.07, 6.45) is -3.25. The number of esters is 1. The molecule has 0 aliphatic carbocycles. The van der Waals surface area contributed by atoms with Gasteiger partial charge in [0.25, 0.3) is 0 Å². The Morgan fingerprint density at radius 2 is 1.82 bits per heavy atom. The zero-order valence-corrected chi connectivity index (χ0v) is 20.9. The summed E-state index contributed by atoms with van der Waals surface area (Å²) in [6.45, 7) is 5.70. The number of aromatic nitrogens is 3. The predicted octanol–water partition coefficient (Wildman–Crippen LogP) is 7.54. The number of nitrogens with zero attached hydrogens (tertiary/aromatic N) is 3. The number of imidazole rings is 1. The third-order valence-electron chi connectivity index (χ3n) is 4.42. The molecule has 0 aliphatic rings. The molecule has 182 valence electrons. The van der Waals surface area contributed by atoms with Gasteiger partial charge in [-0.2, -0.15) is 13.2 Å². The molecule has 0 aliphatic heterocycles. The van der Waals surface area contributed by atoms with Gasteiger partial charge in [0.05, 0.1) is 10.6 Å². The molecule has 0 atom stereocenters. The molecule has 0 spiro atoms. The van der Waals surface area contributed by atoms with E-state index < -0.39 is 17.3 Å². The Morgan fingerprint density at radius 1 is 1.15 bits per heavy atom. The van der Waals surface area contributed by atoms with Gasteiger partial charge in [-0.3, -0.25) is 4.79 Å². The van der Waals surface area contributed by atoms with Crippen molar-refractivity contribution < 1.29 is 22.7 Å². The van der Waals surface area contributed by atoms with E-state index in [2.05, 4.69) is 9.97 Å². The van der Waals surface area contributed by atoms with Gasteiger partial charge in [0.2, 0.25) is 0 Å². The first-order valence-electron chi connectivity index (χ1n) is 10.3. The second-order valence-corrected chi connectivity index (χ2v) is 10.1. The van der Waals surface area contributed by atoms with Gasteiger partial charge in [-0.05, 0) is 45.0 Å². The van der Waals surface area contributed by atoms with Gasteiger partial charge in [-0.25, -0.2) is 9.97 Å². The zero-order valence-electron chi connectivity index (χ0n) is 18.6. The van der Waals surface area contributed by atoms with E-state index in [0.29, 0.717) is 29.0 Å². The van der Waals surface area contributed by atoms with Crippen LogP contribution in [0.25, 0.3) is 11.3 Å². The topological polar surface area (TPSA) is 57.0 Å². The van der Waals surface area contributed by atoms with Crippen LogP contribution >= 0.6 is 35.0 Å². The second-order valence-electron chi connectivity index (χ2n) is 8.35. The van der Waals surface area contributed by atoms with Crippen LogP contribution < -0.4 is 0 Å². The Balaban J connectivity index is 1.89. The number of pyridine rings is 1. The number of hydrogen-bond donors (Lipinski definition) is 0. The summed E-state index contributed by atoms with van der Waals surface area (Å²) < 4.78 is 45.9. The maximum atomic E-state index is 13.0. The van der Waals surface area contributed by atoms with Crippen LogP contribution in [-0.4, -0.2) is 26.1 Å². The van der Waals surface area contributed by atoms with Gasteiger partial charge in [-0.1, -0.05) is 53.5 Å². The fourth-order valence-corrected chi connectivity index (χ4v) is 4.49. The number of ether oxygens (including phenoxy) is 1. The van der Waals surface area contributed by atoms with Crippen molar-refractivity contribution in [1.82, 2.24) is 14.5 Å². The quantitative estimate of drug-likeness (QED) is 0.294. The van der Waals surface area contributed by atoms with Crippen molar-refractivity contribution in [2.45, 2.75) is 62.1 Å². The molecule has 0 radical (unpaired) electrons. The van der Waals surface area contributed by atoms with E-state index in [4.69, 9.17) is 27.9 Å². The van der Waals surface area contributed by atoms with Gasteiger partial charge in [-0.15, -0.1) is 0 Å². The van der Waals surface area contributed by atoms with Crippen LogP contribution in [0.1, 0.15) is 39.2 Å². The fourth-order valence-electron chi connectivity index (χ4n) is 2.98. The van der Waals surface area contributed by atoms with E-state index in [1.807, 2.05) is 30.3 Å². The lowest BCUT2D eigenvalue weighted by Gasteiger charge is -2.19. The van der Waals surface area contributed by atoms with Crippen molar-refractivity contribution in [1.29, 1.82) is 0 Å². The number of alkyl halides is 3. The molecule has 0 amide bonds. The fraction of sp³-hybridized carbons (Fsp3) is 0.348. The highest BCUT2D eigenvalue weighted by Gasteiger charge is 2.32. The average Bonchev–Trinajstić information content (AvgIpc) is 3.03. The number of benzene rings is 1. The van der Waals surface area contributed by atoms with E-state index in [1.54, 1.807) is 25.3 Å². The van der Waals surface area contributed by atoms with Crippen molar-refractivity contribution in [3.05, 3.63) is 58.3 Å². The van der Waals surface area contributed by atoms with Gasteiger partial charge in [0, 0.05) is 24.7 Å². The van der Waals surface area contributed by atoms with Crippen molar-refractivity contribution in [3.8, 4) is 11.3 Å². The van der Waals surface area contributed by atoms with Gasteiger partial charge in [0.15, 0.2) is 5.16 Å². The maximum absolute atomic E-state index is 13.0. The molecule has 0 saturated heterocycles. The molecular formula is C23H22Cl2F3N3O2S. The molecule has 0 saturated carbocycles. The monoisotopic (exact) mass is 531 g/mol. The van der Waals surface area contributed by atoms with Crippen LogP contribution in [0.3, 0.4) is 0 Å². The first-order chi connectivity index (χ1) is 15.8. The van der Waals surface area contributed by atoms with Gasteiger partial charge >= 0.3 is 12.1 Å². The highest BCUT2D eigenvalue weighted by atomic mass is 35.5. The highest BCUT2D eigenvalue weighted by molar-refractivity contribution is 7.99. The third-order valence-corrected chi connectivity index (χ3v) is 6.22. The summed E-state index contributed by atoms with van der Waals surface area (Å²) in [5.74, 6) is -0.339. The largest absolute Gasteiger partial charge is 0.460 e. The van der Waals surface area contributed by atoms with Crippen LogP contribution in [0.5, 0.6) is 0 Å². The third kappa shape index (κ3) is 6.90. The molecule has 0 N–H and O–H groups in total. The summed E-state index contributed by atoms with van der Waals surface area (Å²) in [5.41, 5.74) is -0.252. The normalized spacial score (nSPS) is 12.1. The molecule has 34 heavy (non-hydrogen) atoms. The van der Waals surface area contributed by atoms with Crippen molar-refractivity contribution in [2.75, 3.05) is 0 Å². The van der Waals surface area contributed by atoms with Crippen LogP contribution in [0.15, 0.2) is 52.8 Å². The van der Waals surface area contributed by atoms with E-state index in [-0.39, 0.29) is 22.4 Å². The zero-order chi connectivity index (χ0) is 25.1. The molecule has 11 heteroatoms. The lowest BCUT2D eigenvalue weighted by Crippen LogP contribution is -2.23. The standard InChI is InChI=1S/C23H22Cl2F3N3O2S/c1-22(2,3)33-17(32)10-7-11-31-19(25)18(14-8-5-4-6-9-14)30-21(31)34-20-16(24)12-15(13-29-20)23(26,27)28/h4-6,8-9,12-13H,7,10-11H2,1-3H3. The molecule has 0 fully saturated rings. The van der Waals surface area contributed by atoms with Crippen LogP contribution in [0.2, 0.25) is 10.2 Å². The van der Waals surface area contributed by atoms with Crippen LogP contribution in [-0.2, 0) is 22.3 Å². The molecule has 0 unspecified atom stereocenters. The summed E-state index contributed by atoms with van der Waals surface area (Å²) in [6, 6.07) is 10.1. The number of carbonyl (C=O) groups is 1. The summed E-state index contributed by atoms with van der Waals surface area (Å²) in [7, 11) is 0. The second kappa shape index (κ2) is 10.6. The average molecular weight is 532 g/mol. The van der Waals surface area contributed by atoms with E-state index in [0.717, 1.165) is 29.6 Å². The number of hydrogen-bond acceptors (Lipinski definition) is 5. The number of carbonyl (C=O) groups excluding carboxylic acids is 1. The van der Waals surface area contributed by atoms with E-state index in [1.165, 1.54) is 0 Å². The van der Waals surface area contributed by atoms with Gasteiger partial charge < -0.3 is 9.30 Å².